The van der Waals surface area contributed by atoms with Gasteiger partial charge in [-0.1, -0.05) is 12.5 Å². The van der Waals surface area contributed by atoms with E-state index in [0.29, 0.717) is 11.8 Å². The molecule has 0 spiro atoms. The Morgan fingerprint density at radius 2 is 2.14 bits per heavy atom. The topological polar surface area (TPSA) is 46.3 Å². The average Bonchev–Trinajstić information content (AvgIpc) is 3.10. The Kier molecular flexibility index (Phi) is 4.35. The van der Waals surface area contributed by atoms with Gasteiger partial charge in [0.05, 0.1) is 0 Å². The molecule has 1 amide bonds. The van der Waals surface area contributed by atoms with Crippen LogP contribution in [0.2, 0.25) is 0 Å². The molecular weight excluding hydrogens is 296 g/mol. The summed E-state index contributed by atoms with van der Waals surface area (Å²) in [4.78, 5) is 14.8. The fraction of sp³-hybridized carbons (Fsp3) is 0.611. The van der Waals surface area contributed by atoms with Crippen LogP contribution in [0.1, 0.15) is 44.1 Å². The molecule has 2 fully saturated rings. The molecule has 3 atom stereocenters. The molecular formula is C18H25ClN2O. The van der Waals surface area contributed by atoms with Crippen molar-refractivity contribution in [3.8, 4) is 0 Å². The van der Waals surface area contributed by atoms with E-state index in [1.54, 1.807) is 0 Å². The number of carbonyl (C=O) groups is 1. The fourth-order valence-electron chi connectivity index (χ4n) is 4.87. The first-order valence-electron chi connectivity index (χ1n) is 8.40. The molecule has 3 aliphatic rings. The Morgan fingerprint density at radius 1 is 1.27 bits per heavy atom. The zero-order chi connectivity index (χ0) is 14.4. The van der Waals surface area contributed by atoms with Gasteiger partial charge in [0.2, 0.25) is 5.91 Å². The lowest BCUT2D eigenvalue weighted by Crippen LogP contribution is -2.37. The number of nitrogen functional groups attached to an aromatic ring is 1. The van der Waals surface area contributed by atoms with Gasteiger partial charge in [-0.05, 0) is 67.6 Å². The predicted octanol–water partition coefficient (Wildman–Crippen LogP) is 3.80. The van der Waals surface area contributed by atoms with E-state index in [4.69, 9.17) is 5.73 Å². The molecule has 1 aromatic carbocycles. The number of amides is 1. The van der Waals surface area contributed by atoms with Gasteiger partial charge in [0.15, 0.2) is 0 Å². The molecule has 4 rings (SSSR count). The Balaban J connectivity index is 0.00000144. The van der Waals surface area contributed by atoms with E-state index < -0.39 is 0 Å². The number of carbonyl (C=O) groups excluding carboxylic acids is 1. The van der Waals surface area contributed by atoms with E-state index in [1.807, 2.05) is 17.0 Å². The maximum absolute atomic E-state index is 12.8. The number of anilines is 2. The fourth-order valence-corrected chi connectivity index (χ4v) is 4.87. The number of halogens is 1. The monoisotopic (exact) mass is 320 g/mol. The van der Waals surface area contributed by atoms with E-state index in [1.165, 1.54) is 31.2 Å². The summed E-state index contributed by atoms with van der Waals surface area (Å²) in [6, 6.07) is 5.98. The largest absolute Gasteiger partial charge is 0.398 e. The van der Waals surface area contributed by atoms with Crippen LogP contribution in [0.5, 0.6) is 0 Å². The van der Waals surface area contributed by atoms with E-state index in [9.17, 15) is 4.79 Å². The predicted molar refractivity (Wildman–Crippen MR) is 92.3 cm³/mol. The number of benzene rings is 1. The van der Waals surface area contributed by atoms with Crippen molar-refractivity contribution in [1.29, 1.82) is 0 Å². The van der Waals surface area contributed by atoms with Crippen molar-refractivity contribution in [2.45, 2.75) is 44.9 Å². The summed E-state index contributed by atoms with van der Waals surface area (Å²) < 4.78 is 0. The van der Waals surface area contributed by atoms with Gasteiger partial charge in [-0.15, -0.1) is 12.4 Å². The van der Waals surface area contributed by atoms with Gasteiger partial charge in [0.25, 0.3) is 0 Å². The first kappa shape index (κ1) is 15.7. The van der Waals surface area contributed by atoms with Crippen LogP contribution in [0.25, 0.3) is 0 Å². The van der Waals surface area contributed by atoms with Crippen molar-refractivity contribution >= 4 is 29.7 Å². The van der Waals surface area contributed by atoms with E-state index in [0.717, 1.165) is 49.0 Å². The Labute approximate surface area is 138 Å². The summed E-state index contributed by atoms with van der Waals surface area (Å²) in [7, 11) is 0. The second-order valence-electron chi connectivity index (χ2n) is 7.13. The highest BCUT2D eigenvalue weighted by Gasteiger charge is 2.41. The molecule has 120 valence electrons. The first-order chi connectivity index (χ1) is 10.2. The highest BCUT2D eigenvalue weighted by Crippen LogP contribution is 2.49. The zero-order valence-electron chi connectivity index (χ0n) is 13.0. The van der Waals surface area contributed by atoms with Crippen LogP contribution in [-0.2, 0) is 11.2 Å². The lowest BCUT2D eigenvalue weighted by Gasteiger charge is -2.32. The maximum Gasteiger partial charge on any atom is 0.227 e. The van der Waals surface area contributed by atoms with Crippen LogP contribution in [0.4, 0.5) is 11.4 Å². The van der Waals surface area contributed by atoms with Gasteiger partial charge in [-0.2, -0.15) is 0 Å². The first-order valence-corrected chi connectivity index (χ1v) is 8.40. The SMILES string of the molecule is Cl.Nc1cccc2c1CCCN2C(=O)CC1CC2CCC1C2. The zero-order valence-corrected chi connectivity index (χ0v) is 13.8. The van der Waals surface area contributed by atoms with Crippen molar-refractivity contribution in [3.63, 3.8) is 0 Å². The molecule has 2 aliphatic carbocycles. The van der Waals surface area contributed by atoms with E-state index >= 15 is 0 Å². The lowest BCUT2D eigenvalue weighted by molar-refractivity contribution is -0.120. The van der Waals surface area contributed by atoms with Crippen LogP contribution in [0.3, 0.4) is 0 Å². The molecule has 3 nitrogen and oxygen atoms in total. The van der Waals surface area contributed by atoms with Crippen molar-refractivity contribution in [1.82, 2.24) is 0 Å². The van der Waals surface area contributed by atoms with Crippen LogP contribution >= 0.6 is 12.4 Å². The van der Waals surface area contributed by atoms with E-state index in [2.05, 4.69) is 6.07 Å². The summed E-state index contributed by atoms with van der Waals surface area (Å²) in [5, 5.41) is 0. The number of nitrogens with zero attached hydrogens (tertiary/aromatic N) is 1. The molecule has 4 heteroatoms. The highest BCUT2D eigenvalue weighted by atomic mass is 35.5. The number of rotatable bonds is 2. The third kappa shape index (κ3) is 2.60. The number of nitrogens with two attached hydrogens (primary N) is 1. The van der Waals surface area contributed by atoms with Crippen molar-refractivity contribution in [2.75, 3.05) is 17.2 Å². The molecule has 0 aromatic heterocycles. The second-order valence-corrected chi connectivity index (χ2v) is 7.13. The van der Waals surface area contributed by atoms with Gasteiger partial charge in [0, 0.05) is 24.3 Å². The Morgan fingerprint density at radius 3 is 2.86 bits per heavy atom. The number of hydrogen-bond donors (Lipinski definition) is 1. The average molecular weight is 321 g/mol. The smallest absolute Gasteiger partial charge is 0.227 e. The minimum absolute atomic E-state index is 0. The van der Waals surface area contributed by atoms with Gasteiger partial charge in [0.1, 0.15) is 0 Å². The van der Waals surface area contributed by atoms with Gasteiger partial charge >= 0.3 is 0 Å². The van der Waals surface area contributed by atoms with Gasteiger partial charge in [-0.25, -0.2) is 0 Å². The molecule has 2 saturated carbocycles. The van der Waals surface area contributed by atoms with Crippen molar-refractivity contribution < 1.29 is 4.79 Å². The van der Waals surface area contributed by atoms with Crippen molar-refractivity contribution in [3.05, 3.63) is 23.8 Å². The van der Waals surface area contributed by atoms with Crippen LogP contribution < -0.4 is 10.6 Å². The summed E-state index contributed by atoms with van der Waals surface area (Å²) in [5.74, 6) is 2.70. The van der Waals surface area contributed by atoms with Crippen molar-refractivity contribution in [2.24, 2.45) is 17.8 Å². The molecule has 1 aromatic rings. The molecule has 0 saturated heterocycles. The quantitative estimate of drug-likeness (QED) is 0.843. The van der Waals surface area contributed by atoms with Gasteiger partial charge in [-0.3, -0.25) is 4.79 Å². The standard InChI is InChI=1S/C18H24N2O.ClH/c19-16-4-1-5-17-15(16)3-2-8-20(17)18(21)11-14-10-12-6-7-13(14)9-12;/h1,4-5,12-14H,2-3,6-11,19H2;1H. The minimum atomic E-state index is 0. The Hall–Kier alpha value is -1.22. The number of hydrogen-bond acceptors (Lipinski definition) is 2. The molecule has 2 N–H and O–H groups in total. The van der Waals surface area contributed by atoms with Crippen LogP contribution in [-0.4, -0.2) is 12.5 Å². The summed E-state index contributed by atoms with van der Waals surface area (Å²) in [6.07, 6.45) is 8.19. The molecule has 1 heterocycles. The van der Waals surface area contributed by atoms with Crippen LogP contribution in [0.15, 0.2) is 18.2 Å². The molecule has 1 aliphatic heterocycles. The lowest BCUT2D eigenvalue weighted by atomic mass is 9.86. The second kappa shape index (κ2) is 6.11. The summed E-state index contributed by atoms with van der Waals surface area (Å²) in [6.45, 7) is 0.857. The molecule has 22 heavy (non-hydrogen) atoms. The third-order valence-corrected chi connectivity index (χ3v) is 5.91. The Bertz CT molecular complexity index is 574. The van der Waals surface area contributed by atoms with E-state index in [-0.39, 0.29) is 12.4 Å². The summed E-state index contributed by atoms with van der Waals surface area (Å²) >= 11 is 0. The number of fused-ring (bicyclic) bond motifs is 3. The minimum Gasteiger partial charge on any atom is -0.398 e. The molecule has 2 bridgehead atoms. The normalized spacial score (nSPS) is 29.1. The third-order valence-electron chi connectivity index (χ3n) is 5.91. The molecule has 0 radical (unpaired) electrons. The highest BCUT2D eigenvalue weighted by molar-refractivity contribution is 5.95. The summed E-state index contributed by atoms with van der Waals surface area (Å²) in [5.41, 5.74) is 9.15. The van der Waals surface area contributed by atoms with Gasteiger partial charge < -0.3 is 10.6 Å². The molecule has 3 unspecified atom stereocenters. The van der Waals surface area contributed by atoms with Crippen LogP contribution in [0, 0.1) is 17.8 Å². The maximum atomic E-state index is 12.8.